The van der Waals surface area contributed by atoms with Crippen molar-refractivity contribution in [3.8, 4) is 0 Å². The summed E-state index contributed by atoms with van der Waals surface area (Å²) in [5.74, 6) is -4.38. The molecule has 200 valence electrons. The zero-order valence-corrected chi connectivity index (χ0v) is 21.6. The van der Waals surface area contributed by atoms with Gasteiger partial charge >= 0.3 is 5.92 Å². The predicted octanol–water partition coefficient (Wildman–Crippen LogP) is 3.65. The van der Waals surface area contributed by atoms with Crippen molar-refractivity contribution in [2.24, 2.45) is 0 Å². The van der Waals surface area contributed by atoms with Gasteiger partial charge in [0.15, 0.2) is 5.82 Å². The highest BCUT2D eigenvalue weighted by Gasteiger charge is 2.48. The smallest absolute Gasteiger partial charge is 0.342 e. The van der Waals surface area contributed by atoms with Gasteiger partial charge in [0.1, 0.15) is 5.69 Å². The molecule has 11 heteroatoms. The average Bonchev–Trinajstić information content (AvgIpc) is 2.96. The first-order chi connectivity index (χ1) is 17.7. The second-order valence-corrected chi connectivity index (χ2v) is 10.0. The second-order valence-electron chi connectivity index (χ2n) is 10.0. The molecule has 9 nitrogen and oxygen atoms in total. The van der Waals surface area contributed by atoms with Gasteiger partial charge in [-0.25, -0.2) is 4.98 Å². The first-order valence-electron chi connectivity index (χ1n) is 12.8. The summed E-state index contributed by atoms with van der Waals surface area (Å²) < 4.78 is 29.7. The number of fused-ring (bicyclic) bond motifs is 1. The van der Waals surface area contributed by atoms with Gasteiger partial charge in [0.25, 0.3) is 11.8 Å². The molecule has 1 aromatic heterocycles. The molecule has 0 radical (unpaired) electrons. The largest absolute Gasteiger partial charge is 0.352 e. The Morgan fingerprint density at radius 1 is 1.16 bits per heavy atom. The Balaban J connectivity index is 1.51. The topological polar surface area (TPSA) is 93.7 Å². The Labute approximate surface area is 216 Å². The quantitative estimate of drug-likeness (QED) is 0.519. The third-order valence-electron chi connectivity index (χ3n) is 6.86. The maximum absolute atomic E-state index is 14.8. The van der Waals surface area contributed by atoms with E-state index in [1.165, 1.54) is 13.2 Å². The number of carbonyl (C=O) groups excluding carboxylic acids is 2. The minimum atomic E-state index is -3.52. The molecule has 4 rings (SSSR count). The monoisotopic (exact) mass is 515 g/mol. The van der Waals surface area contributed by atoms with E-state index in [0.29, 0.717) is 23.6 Å². The number of hydrogen-bond acceptors (Lipinski definition) is 7. The molecule has 0 bridgehead atoms. The van der Waals surface area contributed by atoms with E-state index >= 15 is 0 Å². The molecule has 0 atom stereocenters. The first kappa shape index (κ1) is 26.7. The second kappa shape index (κ2) is 11.4. The molecule has 2 aromatic rings. The summed E-state index contributed by atoms with van der Waals surface area (Å²) in [6.45, 7) is 0.778. The number of benzene rings is 1. The van der Waals surface area contributed by atoms with Crippen LogP contribution in [-0.2, 0) is 4.79 Å². The maximum atomic E-state index is 14.8. The van der Waals surface area contributed by atoms with Gasteiger partial charge in [-0.1, -0.05) is 19.3 Å². The van der Waals surface area contributed by atoms with Crippen LogP contribution in [-0.4, -0.2) is 79.4 Å². The summed E-state index contributed by atoms with van der Waals surface area (Å²) in [6, 6.07) is 6.78. The number of rotatable bonds is 8. The van der Waals surface area contributed by atoms with E-state index in [0.717, 1.165) is 50.0 Å². The van der Waals surface area contributed by atoms with Crippen molar-refractivity contribution in [3.05, 3.63) is 36.0 Å². The third-order valence-corrected chi connectivity index (χ3v) is 6.86. The number of aromatic nitrogens is 2. The number of anilines is 4. The predicted molar refractivity (Wildman–Crippen MR) is 140 cm³/mol. The summed E-state index contributed by atoms with van der Waals surface area (Å²) in [6.07, 6.45) is 6.81. The van der Waals surface area contributed by atoms with E-state index in [1.54, 1.807) is 29.2 Å². The molecule has 37 heavy (non-hydrogen) atoms. The summed E-state index contributed by atoms with van der Waals surface area (Å²) in [4.78, 5) is 38.3. The fourth-order valence-electron chi connectivity index (χ4n) is 4.81. The molecule has 0 spiro atoms. The van der Waals surface area contributed by atoms with Gasteiger partial charge in [-0.2, -0.15) is 13.8 Å². The molecule has 2 amide bonds. The molecule has 2 aliphatic rings. The van der Waals surface area contributed by atoms with Crippen molar-refractivity contribution in [1.29, 1.82) is 0 Å². The van der Waals surface area contributed by atoms with Crippen LogP contribution in [0.3, 0.4) is 0 Å². The van der Waals surface area contributed by atoms with Crippen molar-refractivity contribution < 1.29 is 18.4 Å². The zero-order valence-electron chi connectivity index (χ0n) is 21.6. The van der Waals surface area contributed by atoms with Gasteiger partial charge in [-0.15, -0.1) is 0 Å². The van der Waals surface area contributed by atoms with E-state index in [-0.39, 0.29) is 23.6 Å². The highest BCUT2D eigenvalue weighted by molar-refractivity contribution is 6.02. The van der Waals surface area contributed by atoms with Gasteiger partial charge in [0.2, 0.25) is 5.95 Å². The van der Waals surface area contributed by atoms with Gasteiger partial charge in [-0.05, 0) is 64.2 Å². The number of carbonyl (C=O) groups is 2. The lowest BCUT2D eigenvalue weighted by molar-refractivity contribution is -0.140. The summed E-state index contributed by atoms with van der Waals surface area (Å²) >= 11 is 0. The van der Waals surface area contributed by atoms with Crippen LogP contribution < -0.4 is 20.4 Å². The number of halogens is 2. The number of hydrogen-bond donors (Lipinski definition) is 2. The van der Waals surface area contributed by atoms with Crippen molar-refractivity contribution in [2.75, 3.05) is 55.9 Å². The molecular weight excluding hydrogens is 480 g/mol. The SMILES string of the molecule is CN(C)CCCNC(=O)c1ccc(Nc2ncc3c(n2)N(C2CCCCC2)CC(F)(F)C(=O)N3C)cc1. The fourth-order valence-corrected chi connectivity index (χ4v) is 4.81. The number of alkyl halides is 2. The van der Waals surface area contributed by atoms with E-state index in [1.807, 2.05) is 14.1 Å². The third kappa shape index (κ3) is 6.33. The molecule has 1 aliphatic carbocycles. The molecule has 1 aliphatic heterocycles. The Hall–Kier alpha value is -3.34. The van der Waals surface area contributed by atoms with Gasteiger partial charge in [0, 0.05) is 30.9 Å². The Morgan fingerprint density at radius 2 is 1.86 bits per heavy atom. The standard InChI is InChI=1S/C26H35F2N7O2/c1-33(2)15-7-14-29-23(36)18-10-12-19(13-11-18)31-25-30-16-21-22(32-25)35(20-8-5-4-6-9-20)17-26(27,28)24(37)34(21)3/h10-13,16,20H,4-9,14-15,17H2,1-3H3,(H,29,36)(H,30,31,32). The van der Waals surface area contributed by atoms with Crippen molar-refractivity contribution in [3.63, 3.8) is 0 Å². The lowest BCUT2D eigenvalue weighted by Gasteiger charge is -2.35. The van der Waals surface area contributed by atoms with Crippen LogP contribution in [0.25, 0.3) is 0 Å². The van der Waals surface area contributed by atoms with Crippen molar-refractivity contribution in [1.82, 2.24) is 20.2 Å². The molecule has 1 fully saturated rings. The van der Waals surface area contributed by atoms with Crippen LogP contribution in [0.5, 0.6) is 0 Å². The van der Waals surface area contributed by atoms with Crippen LogP contribution in [0.4, 0.5) is 31.9 Å². The summed E-state index contributed by atoms with van der Waals surface area (Å²) in [5.41, 5.74) is 1.44. The number of nitrogens with one attached hydrogen (secondary N) is 2. The average molecular weight is 516 g/mol. The lowest BCUT2D eigenvalue weighted by atomic mass is 9.94. The molecule has 1 aromatic carbocycles. The normalized spacial score (nSPS) is 17.9. The van der Waals surface area contributed by atoms with Gasteiger partial charge < -0.3 is 25.3 Å². The Kier molecular flexibility index (Phi) is 8.21. The van der Waals surface area contributed by atoms with E-state index in [4.69, 9.17) is 0 Å². The summed E-state index contributed by atoms with van der Waals surface area (Å²) in [7, 11) is 5.31. The first-order valence-corrected chi connectivity index (χ1v) is 12.8. The highest BCUT2D eigenvalue weighted by atomic mass is 19.3. The van der Waals surface area contributed by atoms with Crippen LogP contribution in [0.15, 0.2) is 30.5 Å². The Morgan fingerprint density at radius 3 is 2.54 bits per heavy atom. The van der Waals surface area contributed by atoms with E-state index < -0.39 is 18.4 Å². The minimum Gasteiger partial charge on any atom is -0.352 e. The van der Waals surface area contributed by atoms with Gasteiger partial charge in [0.05, 0.1) is 12.7 Å². The van der Waals surface area contributed by atoms with Crippen molar-refractivity contribution in [2.45, 2.75) is 50.5 Å². The van der Waals surface area contributed by atoms with Crippen LogP contribution in [0.2, 0.25) is 0 Å². The molecule has 1 saturated carbocycles. The molecule has 0 unspecified atom stereocenters. The highest BCUT2D eigenvalue weighted by Crippen LogP contribution is 2.39. The molecular formula is C26H35F2N7O2. The molecule has 2 N–H and O–H groups in total. The zero-order chi connectivity index (χ0) is 26.6. The van der Waals surface area contributed by atoms with Crippen LogP contribution in [0, 0.1) is 0 Å². The lowest BCUT2D eigenvalue weighted by Crippen LogP contribution is -2.49. The maximum Gasteiger partial charge on any atom is 0.342 e. The number of amides is 2. The van der Waals surface area contributed by atoms with Crippen LogP contribution in [0.1, 0.15) is 48.9 Å². The Bertz CT molecular complexity index is 1100. The van der Waals surface area contributed by atoms with Gasteiger partial charge in [-0.3, -0.25) is 9.59 Å². The van der Waals surface area contributed by atoms with E-state index in [9.17, 15) is 18.4 Å². The number of nitrogens with zero attached hydrogens (tertiary/aromatic N) is 5. The van der Waals surface area contributed by atoms with Crippen molar-refractivity contribution >= 4 is 35.0 Å². The minimum absolute atomic E-state index is 0.115. The fraction of sp³-hybridized carbons (Fsp3) is 0.538. The molecule has 2 heterocycles. The van der Waals surface area contributed by atoms with Crippen LogP contribution >= 0.6 is 0 Å². The van der Waals surface area contributed by atoms with E-state index in [2.05, 4.69) is 25.5 Å². The molecule has 0 saturated heterocycles. The summed E-state index contributed by atoms with van der Waals surface area (Å²) in [5, 5.41) is 6.00.